The number of rotatable bonds is 10. The van der Waals surface area contributed by atoms with Gasteiger partial charge in [-0.25, -0.2) is 0 Å². The van der Waals surface area contributed by atoms with Crippen molar-refractivity contribution < 1.29 is 14.6 Å². The summed E-state index contributed by atoms with van der Waals surface area (Å²) in [7, 11) is 0. The summed E-state index contributed by atoms with van der Waals surface area (Å²) in [4.78, 5) is 0. The van der Waals surface area contributed by atoms with E-state index in [-0.39, 0.29) is 6.61 Å². The van der Waals surface area contributed by atoms with Gasteiger partial charge < -0.3 is 19.9 Å². The third kappa shape index (κ3) is 6.71. The van der Waals surface area contributed by atoms with Crippen molar-refractivity contribution in [2.45, 2.75) is 13.2 Å². The van der Waals surface area contributed by atoms with Crippen LogP contribution in [0.1, 0.15) is 11.1 Å². The van der Waals surface area contributed by atoms with Gasteiger partial charge in [-0.1, -0.05) is 46.3 Å². The molecule has 4 nitrogen and oxygen atoms in total. The molecule has 0 radical (unpaired) electrons. The average molecular weight is 380 g/mol. The normalized spacial score (nSPS) is 10.7. The Labute approximate surface area is 145 Å². The molecule has 0 bridgehead atoms. The predicted molar refractivity (Wildman–Crippen MR) is 94.5 cm³/mol. The lowest BCUT2D eigenvalue weighted by atomic mass is 10.2. The number of benzene rings is 2. The lowest BCUT2D eigenvalue weighted by molar-refractivity contribution is 0.0937. The summed E-state index contributed by atoms with van der Waals surface area (Å²) in [5, 5.41) is 12.0. The van der Waals surface area contributed by atoms with Crippen molar-refractivity contribution in [2.24, 2.45) is 0 Å². The van der Waals surface area contributed by atoms with E-state index in [1.165, 1.54) is 0 Å². The average Bonchev–Trinajstić information content (AvgIpc) is 2.58. The second-order valence-corrected chi connectivity index (χ2v) is 5.95. The van der Waals surface area contributed by atoms with E-state index in [4.69, 9.17) is 14.6 Å². The van der Waals surface area contributed by atoms with Gasteiger partial charge in [0.25, 0.3) is 0 Å². The van der Waals surface area contributed by atoms with Gasteiger partial charge in [0.05, 0.1) is 19.8 Å². The van der Waals surface area contributed by atoms with Crippen LogP contribution in [0, 0.1) is 0 Å². The Bertz CT molecular complexity index is 578. The Balaban J connectivity index is 1.86. The van der Waals surface area contributed by atoms with Crippen LogP contribution in [0.4, 0.5) is 0 Å². The summed E-state index contributed by atoms with van der Waals surface area (Å²) in [5.74, 6) is 0.876. The van der Waals surface area contributed by atoms with E-state index < -0.39 is 0 Å². The van der Waals surface area contributed by atoms with Gasteiger partial charge >= 0.3 is 0 Å². The van der Waals surface area contributed by atoms with Crippen LogP contribution >= 0.6 is 15.9 Å². The molecule has 23 heavy (non-hydrogen) atoms. The third-order valence-electron chi connectivity index (χ3n) is 3.23. The van der Waals surface area contributed by atoms with Gasteiger partial charge in [0.2, 0.25) is 0 Å². The van der Waals surface area contributed by atoms with Crippen molar-refractivity contribution in [3.63, 3.8) is 0 Å². The number of hydrogen-bond acceptors (Lipinski definition) is 4. The zero-order valence-electron chi connectivity index (χ0n) is 13.0. The van der Waals surface area contributed by atoms with Crippen molar-refractivity contribution in [3.8, 4) is 5.75 Å². The van der Waals surface area contributed by atoms with Gasteiger partial charge in [-0.05, 0) is 23.8 Å². The highest BCUT2D eigenvalue weighted by atomic mass is 79.9. The first-order valence-corrected chi connectivity index (χ1v) is 8.43. The van der Waals surface area contributed by atoms with Gasteiger partial charge in [-0.3, -0.25) is 0 Å². The first-order valence-electron chi connectivity index (χ1n) is 7.64. The number of ether oxygens (including phenoxy) is 2. The van der Waals surface area contributed by atoms with Crippen LogP contribution in [0.15, 0.2) is 53.0 Å². The van der Waals surface area contributed by atoms with Crippen LogP contribution in [0.3, 0.4) is 0 Å². The molecule has 0 aromatic heterocycles. The molecule has 124 valence electrons. The summed E-state index contributed by atoms with van der Waals surface area (Å²) >= 11 is 3.50. The second-order valence-electron chi connectivity index (χ2n) is 5.04. The highest BCUT2D eigenvalue weighted by Gasteiger charge is 2.05. The van der Waals surface area contributed by atoms with Gasteiger partial charge in [0, 0.05) is 23.1 Å². The summed E-state index contributed by atoms with van der Waals surface area (Å²) in [6.07, 6.45) is 0. The summed E-state index contributed by atoms with van der Waals surface area (Å²) in [5.41, 5.74) is 2.24. The standard InChI is InChI=1S/C18H22BrNO3/c19-17-6-7-18(23-14-15-4-2-1-3-5-15)16(12-17)13-20-8-10-22-11-9-21/h1-7,12,20-21H,8-11,13-14H2. The molecule has 0 atom stereocenters. The monoisotopic (exact) mass is 379 g/mol. The Morgan fingerprint density at radius 1 is 1.04 bits per heavy atom. The summed E-state index contributed by atoms with van der Waals surface area (Å²) in [6, 6.07) is 16.1. The Kier molecular flexibility index (Phi) is 8.11. The minimum Gasteiger partial charge on any atom is -0.489 e. The first-order chi connectivity index (χ1) is 11.3. The summed E-state index contributed by atoms with van der Waals surface area (Å²) < 4.78 is 12.2. The van der Waals surface area contributed by atoms with Crippen molar-refractivity contribution in [1.29, 1.82) is 0 Å². The Hall–Kier alpha value is -1.40. The molecule has 0 saturated heterocycles. The molecule has 2 N–H and O–H groups in total. The van der Waals surface area contributed by atoms with E-state index >= 15 is 0 Å². The highest BCUT2D eigenvalue weighted by Crippen LogP contribution is 2.24. The number of nitrogens with one attached hydrogen (secondary N) is 1. The van der Waals surface area contributed by atoms with Crippen molar-refractivity contribution in [2.75, 3.05) is 26.4 Å². The first kappa shape index (κ1) is 17.9. The molecule has 0 saturated carbocycles. The van der Waals surface area contributed by atoms with E-state index in [1.807, 2.05) is 30.3 Å². The molecule has 5 heteroatoms. The molecule has 2 aromatic rings. The SMILES string of the molecule is OCCOCCNCc1cc(Br)ccc1OCc1ccccc1. The van der Waals surface area contributed by atoms with E-state index in [0.29, 0.717) is 26.4 Å². The fraction of sp³-hybridized carbons (Fsp3) is 0.333. The molecule has 0 unspecified atom stereocenters. The molecule has 0 spiro atoms. The van der Waals surface area contributed by atoms with E-state index in [1.54, 1.807) is 0 Å². The maximum absolute atomic E-state index is 8.65. The number of halogens is 1. The second kappa shape index (κ2) is 10.4. The van der Waals surface area contributed by atoms with Crippen LogP contribution in [0.5, 0.6) is 5.75 Å². The number of aliphatic hydroxyl groups is 1. The maximum Gasteiger partial charge on any atom is 0.124 e. The van der Waals surface area contributed by atoms with Gasteiger partial charge in [0.15, 0.2) is 0 Å². The molecular weight excluding hydrogens is 358 g/mol. The molecule has 0 aliphatic heterocycles. The van der Waals surface area contributed by atoms with Crippen LogP contribution in [-0.2, 0) is 17.9 Å². The van der Waals surface area contributed by atoms with E-state index in [0.717, 1.165) is 27.9 Å². The van der Waals surface area contributed by atoms with Crippen LogP contribution in [0.25, 0.3) is 0 Å². The quantitative estimate of drug-likeness (QED) is 0.622. The zero-order valence-corrected chi connectivity index (χ0v) is 14.6. The smallest absolute Gasteiger partial charge is 0.124 e. The molecule has 0 amide bonds. The van der Waals surface area contributed by atoms with Crippen LogP contribution < -0.4 is 10.1 Å². The highest BCUT2D eigenvalue weighted by molar-refractivity contribution is 9.10. The zero-order chi connectivity index (χ0) is 16.3. The minimum absolute atomic E-state index is 0.0586. The molecule has 2 rings (SSSR count). The Morgan fingerprint density at radius 2 is 1.87 bits per heavy atom. The van der Waals surface area contributed by atoms with Crippen LogP contribution in [-0.4, -0.2) is 31.5 Å². The van der Waals surface area contributed by atoms with Crippen molar-refractivity contribution >= 4 is 15.9 Å². The minimum atomic E-state index is 0.0586. The third-order valence-corrected chi connectivity index (χ3v) is 3.73. The van der Waals surface area contributed by atoms with E-state index in [9.17, 15) is 0 Å². The summed E-state index contributed by atoms with van der Waals surface area (Å²) in [6.45, 7) is 2.99. The molecule has 0 aliphatic rings. The fourth-order valence-electron chi connectivity index (χ4n) is 2.10. The maximum atomic E-state index is 8.65. The lowest BCUT2D eigenvalue weighted by Crippen LogP contribution is -2.20. The van der Waals surface area contributed by atoms with Gasteiger partial charge in [-0.2, -0.15) is 0 Å². The molecule has 0 aliphatic carbocycles. The number of aliphatic hydroxyl groups excluding tert-OH is 1. The fourth-order valence-corrected chi connectivity index (χ4v) is 2.50. The molecule has 0 heterocycles. The Morgan fingerprint density at radius 3 is 2.65 bits per heavy atom. The van der Waals surface area contributed by atoms with Gasteiger partial charge in [0.1, 0.15) is 12.4 Å². The molecular formula is C18H22BrNO3. The van der Waals surface area contributed by atoms with Gasteiger partial charge in [-0.15, -0.1) is 0 Å². The topological polar surface area (TPSA) is 50.7 Å². The largest absolute Gasteiger partial charge is 0.489 e. The van der Waals surface area contributed by atoms with E-state index in [2.05, 4.69) is 39.4 Å². The molecule has 2 aromatic carbocycles. The van der Waals surface area contributed by atoms with Crippen LogP contribution in [0.2, 0.25) is 0 Å². The predicted octanol–water partition coefficient (Wildman–Crippen LogP) is 3.13. The van der Waals surface area contributed by atoms with Crippen molar-refractivity contribution in [1.82, 2.24) is 5.32 Å². The lowest BCUT2D eigenvalue weighted by Gasteiger charge is -2.13. The van der Waals surface area contributed by atoms with Crippen molar-refractivity contribution in [3.05, 3.63) is 64.1 Å². The number of hydrogen-bond donors (Lipinski definition) is 2. The molecule has 0 fully saturated rings.